The Hall–Kier alpha value is -2.04. The van der Waals surface area contributed by atoms with E-state index in [0.717, 1.165) is 23.3 Å². The van der Waals surface area contributed by atoms with E-state index in [1.807, 2.05) is 18.2 Å². The minimum atomic E-state index is -0.292. The number of carbonyl (C=O) groups excluding carboxylic acids is 2. The van der Waals surface area contributed by atoms with E-state index in [4.69, 9.17) is 9.47 Å². The molecule has 1 aliphatic rings. The largest absolute Gasteiger partial charge is 0.493 e. The molecule has 1 aromatic carbocycles. The molecule has 0 radical (unpaired) electrons. The number of ether oxygens (including phenoxy) is 2. The van der Waals surface area contributed by atoms with Crippen LogP contribution in [0, 0.1) is 0 Å². The lowest BCUT2D eigenvalue weighted by Gasteiger charge is -2.09. The van der Waals surface area contributed by atoms with E-state index in [9.17, 15) is 9.59 Å². The zero-order valence-electron chi connectivity index (χ0n) is 12.5. The van der Waals surface area contributed by atoms with Crippen LogP contribution in [0.15, 0.2) is 18.2 Å². The number of esters is 1. The summed E-state index contributed by atoms with van der Waals surface area (Å²) in [6, 6.07) is 5.82. The van der Waals surface area contributed by atoms with Crippen LogP contribution in [-0.2, 0) is 27.2 Å². The lowest BCUT2D eigenvalue weighted by atomic mass is 10.1. The minimum absolute atomic E-state index is 0.0915. The number of hydrogen-bond acceptors (Lipinski definition) is 4. The minimum Gasteiger partial charge on any atom is -0.493 e. The van der Waals surface area contributed by atoms with E-state index in [-0.39, 0.29) is 24.4 Å². The second-order valence-corrected chi connectivity index (χ2v) is 5.36. The first-order chi connectivity index (χ1) is 10.0. The van der Waals surface area contributed by atoms with E-state index < -0.39 is 0 Å². The summed E-state index contributed by atoms with van der Waals surface area (Å²) < 4.78 is 10.4. The van der Waals surface area contributed by atoms with Gasteiger partial charge in [0.05, 0.1) is 25.6 Å². The van der Waals surface area contributed by atoms with Crippen molar-refractivity contribution in [2.75, 3.05) is 13.2 Å². The fourth-order valence-electron chi connectivity index (χ4n) is 2.22. The highest BCUT2D eigenvalue weighted by Crippen LogP contribution is 2.25. The van der Waals surface area contributed by atoms with E-state index in [1.165, 1.54) is 0 Å². The second kappa shape index (κ2) is 7.11. The molecule has 0 unspecified atom stereocenters. The predicted molar refractivity (Wildman–Crippen MR) is 78.2 cm³/mol. The van der Waals surface area contributed by atoms with Gasteiger partial charge in [-0.2, -0.15) is 0 Å². The molecule has 114 valence electrons. The van der Waals surface area contributed by atoms with Gasteiger partial charge in [-0.15, -0.1) is 0 Å². The molecule has 0 bridgehead atoms. The van der Waals surface area contributed by atoms with Crippen molar-refractivity contribution in [3.8, 4) is 5.75 Å². The summed E-state index contributed by atoms with van der Waals surface area (Å²) in [6.07, 6.45) is 1.28. The lowest BCUT2D eigenvalue weighted by Crippen LogP contribution is -2.28. The van der Waals surface area contributed by atoms with Crippen molar-refractivity contribution in [3.63, 3.8) is 0 Å². The predicted octanol–water partition coefficient (Wildman–Crippen LogP) is 1.62. The number of benzene rings is 1. The zero-order valence-corrected chi connectivity index (χ0v) is 12.5. The number of carbonyl (C=O) groups is 2. The van der Waals surface area contributed by atoms with Crippen molar-refractivity contribution in [2.24, 2.45) is 0 Å². The zero-order chi connectivity index (χ0) is 15.2. The smallest absolute Gasteiger partial charge is 0.307 e. The van der Waals surface area contributed by atoms with Gasteiger partial charge in [0.15, 0.2) is 0 Å². The Bertz CT molecular complexity index is 525. The van der Waals surface area contributed by atoms with Gasteiger partial charge in [0.25, 0.3) is 0 Å². The molecule has 1 aliphatic heterocycles. The molecule has 0 fully saturated rings. The van der Waals surface area contributed by atoms with Crippen LogP contribution in [0.1, 0.15) is 31.4 Å². The van der Waals surface area contributed by atoms with Crippen LogP contribution in [0.25, 0.3) is 0 Å². The Kier molecular flexibility index (Phi) is 5.20. The van der Waals surface area contributed by atoms with Crippen LogP contribution in [0.3, 0.4) is 0 Å². The maximum absolute atomic E-state index is 11.8. The number of fused-ring (bicyclic) bond motifs is 1. The third-order valence-electron chi connectivity index (χ3n) is 3.14. The van der Waals surface area contributed by atoms with Crippen molar-refractivity contribution in [1.29, 1.82) is 0 Å². The van der Waals surface area contributed by atoms with E-state index in [1.54, 1.807) is 13.8 Å². The quantitative estimate of drug-likeness (QED) is 0.809. The first kappa shape index (κ1) is 15.4. The average molecular weight is 291 g/mol. The lowest BCUT2D eigenvalue weighted by molar-refractivity contribution is -0.147. The Morgan fingerprint density at radius 2 is 2.19 bits per heavy atom. The van der Waals surface area contributed by atoms with E-state index >= 15 is 0 Å². The summed E-state index contributed by atoms with van der Waals surface area (Å²) in [6.45, 7) is 4.61. The molecule has 21 heavy (non-hydrogen) atoms. The van der Waals surface area contributed by atoms with Gasteiger partial charge in [0.1, 0.15) is 5.75 Å². The number of amides is 1. The monoisotopic (exact) mass is 291 g/mol. The Labute approximate surface area is 124 Å². The molecule has 0 spiro atoms. The highest BCUT2D eigenvalue weighted by atomic mass is 16.5. The topological polar surface area (TPSA) is 64.6 Å². The van der Waals surface area contributed by atoms with E-state index in [0.29, 0.717) is 19.6 Å². The van der Waals surface area contributed by atoms with Crippen LogP contribution < -0.4 is 10.1 Å². The summed E-state index contributed by atoms with van der Waals surface area (Å²) in [5.41, 5.74) is 2.11. The molecule has 1 heterocycles. The van der Waals surface area contributed by atoms with Gasteiger partial charge in [-0.1, -0.05) is 12.1 Å². The number of nitrogens with one attached hydrogen (secondary N) is 1. The molecule has 2 rings (SSSR count). The van der Waals surface area contributed by atoms with E-state index in [2.05, 4.69) is 5.32 Å². The first-order valence-electron chi connectivity index (χ1n) is 7.25. The third-order valence-corrected chi connectivity index (χ3v) is 3.14. The number of rotatable bonds is 6. The highest BCUT2D eigenvalue weighted by Gasteiger charge is 2.13. The molecular weight excluding hydrogens is 270 g/mol. The molecule has 1 amide bonds. The summed E-state index contributed by atoms with van der Waals surface area (Å²) in [4.78, 5) is 23.2. The molecular formula is C16H21NO4. The summed E-state index contributed by atoms with van der Waals surface area (Å²) in [7, 11) is 0. The summed E-state index contributed by atoms with van der Waals surface area (Å²) >= 11 is 0. The van der Waals surface area contributed by atoms with Gasteiger partial charge in [-0.05, 0) is 31.0 Å². The molecule has 1 aromatic rings. The molecule has 0 saturated heterocycles. The highest BCUT2D eigenvalue weighted by molar-refractivity contribution is 5.79. The van der Waals surface area contributed by atoms with Gasteiger partial charge in [-0.25, -0.2) is 0 Å². The molecule has 5 heteroatoms. The summed E-state index contributed by atoms with van der Waals surface area (Å²) in [5.74, 6) is 0.529. The van der Waals surface area contributed by atoms with Crippen molar-refractivity contribution >= 4 is 11.9 Å². The Balaban J connectivity index is 1.73. The maximum atomic E-state index is 11.8. The third kappa shape index (κ3) is 4.77. The van der Waals surface area contributed by atoms with Crippen molar-refractivity contribution in [2.45, 2.75) is 39.2 Å². The fourth-order valence-corrected chi connectivity index (χ4v) is 2.22. The standard InChI is InChI=1S/C16H21NO4/c1-11(2)21-16(19)5-7-17-15(18)10-12-3-4-14-13(9-12)6-8-20-14/h3-4,9,11H,5-8,10H2,1-2H3,(H,17,18). The SMILES string of the molecule is CC(C)OC(=O)CCNC(=O)Cc1ccc2c(c1)CCO2. The van der Waals surface area contributed by atoms with Gasteiger partial charge in [0.2, 0.25) is 5.91 Å². The van der Waals surface area contributed by atoms with Crippen LogP contribution >= 0.6 is 0 Å². The average Bonchev–Trinajstić information content (AvgIpc) is 2.85. The number of hydrogen-bond donors (Lipinski definition) is 1. The van der Waals surface area contributed by atoms with Gasteiger partial charge >= 0.3 is 5.97 Å². The van der Waals surface area contributed by atoms with Gasteiger partial charge in [-0.3, -0.25) is 9.59 Å². The Morgan fingerprint density at radius 3 is 2.95 bits per heavy atom. The maximum Gasteiger partial charge on any atom is 0.307 e. The second-order valence-electron chi connectivity index (χ2n) is 5.36. The molecule has 0 atom stereocenters. The normalized spacial score (nSPS) is 12.7. The van der Waals surface area contributed by atoms with Crippen LogP contribution in [-0.4, -0.2) is 31.1 Å². The van der Waals surface area contributed by atoms with Crippen LogP contribution in [0.2, 0.25) is 0 Å². The van der Waals surface area contributed by atoms with Crippen molar-refractivity contribution in [1.82, 2.24) is 5.32 Å². The molecule has 0 saturated carbocycles. The van der Waals surface area contributed by atoms with Gasteiger partial charge < -0.3 is 14.8 Å². The van der Waals surface area contributed by atoms with Crippen LogP contribution in [0.5, 0.6) is 5.75 Å². The van der Waals surface area contributed by atoms with Crippen LogP contribution in [0.4, 0.5) is 0 Å². The Morgan fingerprint density at radius 1 is 1.38 bits per heavy atom. The van der Waals surface area contributed by atoms with Gasteiger partial charge in [0, 0.05) is 13.0 Å². The molecule has 0 aromatic heterocycles. The summed E-state index contributed by atoms with van der Waals surface area (Å²) in [5, 5.41) is 2.73. The molecule has 1 N–H and O–H groups in total. The molecule has 5 nitrogen and oxygen atoms in total. The fraction of sp³-hybridized carbons (Fsp3) is 0.500. The van der Waals surface area contributed by atoms with Crippen molar-refractivity contribution < 1.29 is 19.1 Å². The first-order valence-corrected chi connectivity index (χ1v) is 7.25. The van der Waals surface area contributed by atoms with Crippen molar-refractivity contribution in [3.05, 3.63) is 29.3 Å². The molecule has 0 aliphatic carbocycles.